The third-order valence-corrected chi connectivity index (χ3v) is 32.0. The molecule has 5 aliphatic heterocycles. The van der Waals surface area contributed by atoms with Crippen LogP contribution >= 0.6 is 0 Å². The molecule has 0 radical (unpaired) electrons. The van der Waals surface area contributed by atoms with Gasteiger partial charge >= 0.3 is 109 Å². The molecule has 28 nitrogen and oxygen atoms in total. The van der Waals surface area contributed by atoms with Crippen molar-refractivity contribution in [3.05, 3.63) is 384 Å². The van der Waals surface area contributed by atoms with Crippen molar-refractivity contribution in [1.29, 1.82) is 0 Å². The first-order valence-corrected chi connectivity index (χ1v) is 57.8. The average Bonchev–Trinajstić information content (AvgIpc) is 1.66. The normalized spacial score (nSPS) is 17.4. The Labute approximate surface area is 961 Å². The number of halogens is 4. The van der Waals surface area contributed by atoms with E-state index in [0.29, 0.717) is 55.9 Å². The van der Waals surface area contributed by atoms with E-state index in [4.69, 9.17) is 24.6 Å². The molecule has 5 N–H and O–H groups in total. The number of carbonyl (C=O) groups excluding carboxylic acids is 4. The molecule has 4 fully saturated rings. The number of carbonyl (C=O) groups is 5. The maximum Gasteiger partial charge on any atom is 1.00 e. The second-order valence-electron chi connectivity index (χ2n) is 41.3. The van der Waals surface area contributed by atoms with Crippen molar-refractivity contribution in [2.75, 3.05) is 39.4 Å². The number of rotatable bonds is 29. The van der Waals surface area contributed by atoms with Crippen LogP contribution in [0, 0.1) is 82.6 Å². The maximum atomic E-state index is 14.4. The van der Waals surface area contributed by atoms with Gasteiger partial charge in [-0.15, -0.1) is 0 Å². The molecule has 36 heteroatoms. The van der Waals surface area contributed by atoms with Crippen molar-refractivity contribution in [2.45, 2.75) is 232 Å². The van der Waals surface area contributed by atoms with Crippen molar-refractivity contribution < 1.29 is 181 Å². The topological polar surface area (TPSA) is 369 Å². The van der Waals surface area contributed by atoms with Gasteiger partial charge in [-0.05, 0) is 245 Å². The van der Waals surface area contributed by atoms with Crippen molar-refractivity contribution >= 4 is 46.3 Å². The summed E-state index contributed by atoms with van der Waals surface area (Å²) in [5.41, 5.74) is 10.3. The van der Waals surface area contributed by atoms with E-state index in [1.807, 2.05) is 104 Å². The summed E-state index contributed by atoms with van der Waals surface area (Å²) in [6.07, 6.45) is 12.4. The largest absolute Gasteiger partial charge is 1.00 e. The number of aromatic carboxylic acids is 1. The first-order valence-electron chi connectivity index (χ1n) is 50.4. The molecule has 12 atom stereocenters. The molecule has 8 aromatic carbocycles. The molecule has 9 heterocycles. The van der Waals surface area contributed by atoms with E-state index in [1.54, 1.807) is 70.9 Å². The van der Waals surface area contributed by atoms with Crippen LogP contribution in [-0.2, 0) is 32.6 Å². The van der Waals surface area contributed by atoms with Gasteiger partial charge in [0.05, 0.1) is 24.5 Å². The Balaban J connectivity index is 0.000000210. The summed E-state index contributed by atoms with van der Waals surface area (Å²) in [7, 11) is -2.37. The zero-order chi connectivity index (χ0) is 107. The van der Waals surface area contributed by atoms with Crippen molar-refractivity contribution in [1.82, 2.24) is 59.6 Å². The number of benzene rings is 8. The fourth-order valence-corrected chi connectivity index (χ4v) is 22.5. The number of fused-ring (bicyclic) bond motifs is 2. The number of hydrogen-bond donors (Lipinski definition) is 5. The number of nitrogens with zero attached hydrogens (tertiary/aromatic N) is 10. The van der Waals surface area contributed by atoms with Crippen LogP contribution in [0.2, 0.25) is 51.4 Å². The van der Waals surface area contributed by atoms with E-state index in [2.05, 4.69) is 152 Å². The number of amides is 3. The molecule has 150 heavy (non-hydrogen) atoms. The molecule has 0 unspecified atom stereocenters. The monoisotopic (exact) mass is 2140 g/mol. The molecule has 0 saturated carbocycles. The Kier molecular flexibility index (Phi) is 45.6. The number of nitrogens with one attached hydrogen (secondary N) is 2. The number of carboxylic acids is 1. The summed E-state index contributed by atoms with van der Waals surface area (Å²) in [6, 6.07) is 61.2. The van der Waals surface area contributed by atoms with Crippen molar-refractivity contribution in [2.24, 2.45) is 17.8 Å². The Morgan fingerprint density at radius 2 is 0.900 bits per heavy atom. The second kappa shape index (κ2) is 56.4. The van der Waals surface area contributed by atoms with Gasteiger partial charge in [0, 0.05) is 114 Å². The van der Waals surface area contributed by atoms with Gasteiger partial charge < -0.3 is 56.4 Å². The molecule has 3 amide bonds. The standard InChI is InChI=1S/C32H42FN3O3Si.C25H26FN3O3.C24H22FN3O3.C20H24FN.C12H20N2O4Si.CH2O3.2K.H/c1-22-11-7-8-14-27(22)29(25-12-9-13-26(33)19-25)24(3)28-15-10-16-36(28)32(38)30-31(37)23(2)20-35(34-30)21-39-17-18-40(4,5)6;1-15-7-3-4-10-19(15)22(17-8-5-9-18(26)13-17)16(2)20-11-6-12-29(20)25(32)23-24(31)21(30)14-27-28-23;1-14-6-2-3-9-17(14)20(15-7-4-8-16(25)12-15)21-18-10-5-11-27(18)24(31)22-23(30)19(29)13-26-28(21)22;1-14-7-3-4-10-18(14)20(15(2)19-11-6-12-22-19)16-8-5-9-17(21)13-16;1-9-7-14(8-18-5-6-19(2,3)4)13-10(11(9)15)12(16)17;2-1-4-3;;;/h7-9,11-14,19-20,24,28-29H,10,15-18,21H2,1-6H3;3-5,7-10,13-14,16,20,22H,6,11-12H2,1-2H3,(H,27,31)(H,28,30);2-4,6-9,12-13,18,20-21,30H,5,10-11H2,1H3;3-5,7-10,13,15,19-20,22H,6,11-12H2,1-2H3;7H,5-6,8H2,1-4H3,(H,16,17);1,3H;;;/q;;;;;;2*+1;-1/p-1/t24-,28+,29-;16-,20+,22-;18-,20+,21-;15-,19+,20-;;;;;/m0010...../s1. The number of aromatic nitrogens is 8. The van der Waals surface area contributed by atoms with Crippen molar-refractivity contribution in [3.8, 4) is 11.5 Å². The number of aromatic amines is 1. The Morgan fingerprint density at radius 3 is 1.32 bits per heavy atom. The Morgan fingerprint density at radius 1 is 0.500 bits per heavy atom. The molecule has 12 aromatic rings. The second-order valence-corrected chi connectivity index (χ2v) is 52.6. The minimum absolute atomic E-state index is 0. The zero-order valence-electron chi connectivity index (χ0n) is 89.7. The van der Waals surface area contributed by atoms with Crippen LogP contribution in [0.5, 0.6) is 11.5 Å². The number of H-pyrrole nitrogens is 1. The summed E-state index contributed by atoms with van der Waals surface area (Å²) >= 11 is 0. The summed E-state index contributed by atoms with van der Waals surface area (Å²) in [5.74, 6) is -4.76. The van der Waals surface area contributed by atoms with Crippen LogP contribution < -0.4 is 135 Å². The molecule has 4 aromatic heterocycles. The van der Waals surface area contributed by atoms with Crippen LogP contribution in [0.25, 0.3) is 0 Å². The van der Waals surface area contributed by atoms with Gasteiger partial charge in [-0.25, -0.2) is 31.7 Å². The summed E-state index contributed by atoms with van der Waals surface area (Å²) in [4.78, 5) is 116. The van der Waals surface area contributed by atoms with Crippen LogP contribution in [-0.4, -0.2) is 179 Å². The van der Waals surface area contributed by atoms with Gasteiger partial charge in [0.15, 0.2) is 28.6 Å². The van der Waals surface area contributed by atoms with Crippen molar-refractivity contribution in [3.63, 3.8) is 0 Å². The van der Waals surface area contributed by atoms with E-state index >= 15 is 0 Å². The molecule has 0 spiro atoms. The minimum Gasteiger partial charge on any atom is -1.00 e. The first-order chi connectivity index (χ1) is 70.6. The third-order valence-electron chi connectivity index (χ3n) is 28.6. The van der Waals surface area contributed by atoms with E-state index < -0.39 is 67.5 Å². The summed E-state index contributed by atoms with van der Waals surface area (Å²) in [5, 5.41) is 60.2. The van der Waals surface area contributed by atoms with Gasteiger partial charge in [-0.3, -0.25) is 48.1 Å². The Hall–Kier alpha value is -10.5. The average molecular weight is 2140 g/mol. The van der Waals surface area contributed by atoms with Gasteiger partial charge in [0.1, 0.15) is 36.7 Å². The number of aromatic hydroxyl groups is 2. The number of hydrogen-bond acceptors (Lipinski definition) is 20. The molecule has 0 bridgehead atoms. The molecule has 0 aliphatic carbocycles. The first kappa shape index (κ1) is 121. The van der Waals surface area contributed by atoms with Gasteiger partial charge in [0.25, 0.3) is 24.2 Å². The number of likely N-dealkylation sites (tertiary alicyclic amines) is 2. The smallest absolute Gasteiger partial charge is 1.00 e. The van der Waals surface area contributed by atoms with Crippen LogP contribution in [0.15, 0.2) is 238 Å². The quantitative estimate of drug-likeness (QED) is 0.00726. The zero-order valence-corrected chi connectivity index (χ0v) is 96.9. The SMILES string of the molecule is Cc1ccccc1[C@H](c1cccc(F)c1)[C@@H](C)[C@H]1CCCN1.Cc1ccccc1[C@H](c1cccc(F)c1)[C@@H](C)[C@H]1CCCN1C(=O)c1[nH]ncc(=O)c1O.Cc1ccccc1[C@H](c1cccc(F)c1)[C@@H](C)[C@H]1CCCN1C(=O)c1nn(COCC[Si](C)(C)C)cc(C)c1=O.Cc1ccccc1[C@H](c1cccc(F)c1)[C@H]1[C@H]2CCCN2C(=O)c2c(O)c(=O)cnn21.Cc1cn(COCC[Si](C)(C)C)nc(C(=O)O)c1=O.O=CO[O-].[H-].[K+].[K+]. The number of carboxylic acid groups (broad SMARTS) is 1. The van der Waals surface area contributed by atoms with Gasteiger partial charge in [0.2, 0.25) is 27.4 Å². The van der Waals surface area contributed by atoms with Crippen LogP contribution in [0.4, 0.5) is 17.6 Å². The summed E-state index contributed by atoms with van der Waals surface area (Å²) in [6.45, 7) is 35.8. The van der Waals surface area contributed by atoms with Gasteiger partial charge in [-0.2, -0.15) is 20.4 Å². The van der Waals surface area contributed by atoms with Gasteiger partial charge in [-0.1, -0.05) is 206 Å². The van der Waals surface area contributed by atoms with Crippen LogP contribution in [0.3, 0.4) is 0 Å². The molecule has 786 valence electrons. The molecule has 17 rings (SSSR count). The van der Waals surface area contributed by atoms with Crippen LogP contribution in [0.1, 0.15) is 223 Å². The van der Waals surface area contributed by atoms with E-state index in [9.17, 15) is 66.1 Å². The maximum absolute atomic E-state index is 14.4. The fourth-order valence-electron chi connectivity index (χ4n) is 21.0. The predicted octanol–water partition coefficient (Wildman–Crippen LogP) is 12.5. The molecular formula is C114H136F4K2N12O16Si2. The predicted molar refractivity (Wildman–Crippen MR) is 564 cm³/mol. The Bertz CT molecular complexity index is 6910. The van der Waals surface area contributed by atoms with E-state index in [-0.39, 0.29) is 235 Å². The van der Waals surface area contributed by atoms with E-state index in [0.717, 1.165) is 125 Å². The fraction of sp³-hybridized carbons (Fsp3) is 0.395. The van der Waals surface area contributed by atoms with E-state index in [1.165, 1.54) is 69.9 Å². The number of ether oxygens (including phenoxy) is 2. The molecule has 5 aliphatic rings. The third kappa shape index (κ3) is 31.2. The summed E-state index contributed by atoms with van der Waals surface area (Å²) < 4.78 is 72.3. The minimum atomic E-state index is -1.32. The molecule has 4 saturated heterocycles. The molecular weight excluding hydrogens is 2000 g/mol. The number of aryl methyl sites for hydroxylation is 6.